The van der Waals surface area contributed by atoms with E-state index in [1.165, 1.54) is 0 Å². The lowest BCUT2D eigenvalue weighted by molar-refractivity contribution is 0.0790. The second kappa shape index (κ2) is 9.33. The van der Waals surface area contributed by atoms with Crippen LogP contribution in [0.25, 0.3) is 5.52 Å². The van der Waals surface area contributed by atoms with Gasteiger partial charge in [0.2, 0.25) is 5.82 Å². The summed E-state index contributed by atoms with van der Waals surface area (Å²) >= 11 is 0. The molecule has 0 fully saturated rings. The molecule has 0 aromatic carbocycles. The van der Waals surface area contributed by atoms with Gasteiger partial charge in [-0.2, -0.15) is 0 Å². The summed E-state index contributed by atoms with van der Waals surface area (Å²) in [5.41, 5.74) is 0.974. The molecule has 1 N–H and O–H groups in total. The molecule has 142 valence electrons. The predicted molar refractivity (Wildman–Crippen MR) is 103 cm³/mol. The Kier molecular flexibility index (Phi) is 7.15. The summed E-state index contributed by atoms with van der Waals surface area (Å²) in [6.07, 6.45) is 4.57. The fraction of sp³-hybridized carbons (Fsp3) is 0.526. The summed E-state index contributed by atoms with van der Waals surface area (Å²) in [4.78, 5) is 33.4. The van der Waals surface area contributed by atoms with Crippen LogP contribution in [0.2, 0.25) is 0 Å². The third kappa shape index (κ3) is 4.82. The van der Waals surface area contributed by atoms with E-state index in [1.54, 1.807) is 22.5 Å². The van der Waals surface area contributed by atoms with Gasteiger partial charge in [0.15, 0.2) is 5.69 Å². The van der Waals surface area contributed by atoms with Crippen molar-refractivity contribution in [1.82, 2.24) is 24.5 Å². The second-order valence-electron chi connectivity index (χ2n) is 6.73. The molecule has 7 nitrogen and oxygen atoms in total. The molecule has 0 saturated carbocycles. The van der Waals surface area contributed by atoms with E-state index in [0.717, 1.165) is 25.8 Å². The van der Waals surface area contributed by atoms with Crippen molar-refractivity contribution < 1.29 is 9.59 Å². The van der Waals surface area contributed by atoms with Gasteiger partial charge >= 0.3 is 0 Å². The number of hydrogen-bond donors (Lipinski definition) is 1. The monoisotopic (exact) mass is 359 g/mol. The lowest BCUT2D eigenvalue weighted by atomic mass is 10.2. The number of nitrogens with zero attached hydrogens (tertiary/aromatic N) is 4. The summed E-state index contributed by atoms with van der Waals surface area (Å²) in [7, 11) is 5.76. The molecule has 0 saturated heterocycles. The van der Waals surface area contributed by atoms with E-state index in [4.69, 9.17) is 0 Å². The average Bonchev–Trinajstić information content (AvgIpc) is 3.02. The quantitative estimate of drug-likeness (QED) is 0.694. The van der Waals surface area contributed by atoms with Crippen molar-refractivity contribution in [2.75, 3.05) is 40.8 Å². The number of amides is 2. The van der Waals surface area contributed by atoms with E-state index < -0.39 is 0 Å². The molecule has 2 amide bonds. The van der Waals surface area contributed by atoms with Gasteiger partial charge in [0, 0.05) is 26.3 Å². The summed E-state index contributed by atoms with van der Waals surface area (Å²) in [6.45, 7) is 4.23. The number of fused-ring (bicyclic) bond motifs is 1. The molecule has 2 rings (SSSR count). The van der Waals surface area contributed by atoms with Gasteiger partial charge in [-0.25, -0.2) is 4.98 Å². The Morgan fingerprint density at radius 2 is 1.92 bits per heavy atom. The molecule has 0 unspecified atom stereocenters. The van der Waals surface area contributed by atoms with Crippen molar-refractivity contribution >= 4 is 17.3 Å². The Morgan fingerprint density at radius 3 is 2.62 bits per heavy atom. The number of aromatic nitrogens is 2. The maximum Gasteiger partial charge on any atom is 0.287 e. The van der Waals surface area contributed by atoms with E-state index in [1.807, 2.05) is 32.3 Å². The Balaban J connectivity index is 2.20. The van der Waals surface area contributed by atoms with Gasteiger partial charge < -0.3 is 15.1 Å². The van der Waals surface area contributed by atoms with Crippen molar-refractivity contribution in [2.24, 2.45) is 0 Å². The topological polar surface area (TPSA) is 70.0 Å². The molecule has 26 heavy (non-hydrogen) atoms. The standard InChI is InChI=1S/C19H29N5O2/c1-5-6-13-23(4)19(26)16-15-10-7-8-14-24(15)17(21-16)18(25)20-11-9-12-22(2)3/h7-8,10,14H,5-6,9,11-13H2,1-4H3,(H,20,25). The molecule has 0 aliphatic heterocycles. The molecular weight excluding hydrogens is 330 g/mol. The number of pyridine rings is 1. The molecule has 0 atom stereocenters. The third-order valence-electron chi connectivity index (χ3n) is 4.22. The average molecular weight is 359 g/mol. The fourth-order valence-electron chi connectivity index (χ4n) is 2.71. The lowest BCUT2D eigenvalue weighted by Crippen LogP contribution is -2.29. The summed E-state index contributed by atoms with van der Waals surface area (Å²) in [5.74, 6) is -0.174. The third-order valence-corrected chi connectivity index (χ3v) is 4.22. The minimum atomic E-state index is -0.264. The first-order chi connectivity index (χ1) is 12.5. The summed E-state index contributed by atoms with van der Waals surface area (Å²) < 4.78 is 1.68. The zero-order valence-corrected chi connectivity index (χ0v) is 16.2. The van der Waals surface area contributed by atoms with Gasteiger partial charge in [-0.1, -0.05) is 19.4 Å². The molecule has 0 radical (unpaired) electrons. The number of carbonyl (C=O) groups is 2. The minimum Gasteiger partial charge on any atom is -0.349 e. The first kappa shape index (κ1) is 19.9. The van der Waals surface area contributed by atoms with Crippen LogP contribution < -0.4 is 5.32 Å². The maximum atomic E-state index is 12.7. The van der Waals surface area contributed by atoms with Gasteiger partial charge in [0.1, 0.15) is 0 Å². The molecule has 2 aromatic heterocycles. The molecular formula is C19H29N5O2. The first-order valence-electron chi connectivity index (χ1n) is 9.11. The molecule has 0 aliphatic rings. The molecule has 2 aromatic rings. The van der Waals surface area contributed by atoms with Crippen LogP contribution in [0, 0.1) is 0 Å². The van der Waals surface area contributed by atoms with Crippen molar-refractivity contribution in [3.63, 3.8) is 0 Å². The highest BCUT2D eigenvalue weighted by molar-refractivity contribution is 6.02. The Labute approximate surface area is 155 Å². The normalized spacial score (nSPS) is 11.1. The van der Waals surface area contributed by atoms with E-state index in [9.17, 15) is 9.59 Å². The zero-order chi connectivity index (χ0) is 19.1. The van der Waals surface area contributed by atoms with Crippen LogP contribution in [0.5, 0.6) is 0 Å². The highest BCUT2D eigenvalue weighted by Crippen LogP contribution is 2.15. The molecule has 2 heterocycles. The van der Waals surface area contributed by atoms with E-state index in [2.05, 4.69) is 22.1 Å². The number of rotatable bonds is 9. The zero-order valence-electron chi connectivity index (χ0n) is 16.2. The smallest absolute Gasteiger partial charge is 0.287 e. The molecule has 7 heteroatoms. The maximum absolute atomic E-state index is 12.7. The Bertz CT molecular complexity index is 753. The highest BCUT2D eigenvalue weighted by Gasteiger charge is 2.23. The van der Waals surface area contributed by atoms with Gasteiger partial charge in [-0.15, -0.1) is 0 Å². The van der Waals surface area contributed by atoms with Gasteiger partial charge in [-0.3, -0.25) is 14.0 Å². The van der Waals surface area contributed by atoms with E-state index >= 15 is 0 Å². The SMILES string of the molecule is CCCCN(C)C(=O)c1nc(C(=O)NCCCN(C)C)n2ccccc12. The van der Waals surface area contributed by atoms with Crippen LogP contribution in [-0.2, 0) is 0 Å². The minimum absolute atomic E-state index is 0.159. The Morgan fingerprint density at radius 1 is 1.15 bits per heavy atom. The summed E-state index contributed by atoms with van der Waals surface area (Å²) in [6, 6.07) is 5.49. The van der Waals surface area contributed by atoms with Crippen molar-refractivity contribution in [3.8, 4) is 0 Å². The second-order valence-corrected chi connectivity index (χ2v) is 6.73. The Hall–Kier alpha value is -2.41. The van der Waals surface area contributed by atoms with Gasteiger partial charge in [0.25, 0.3) is 11.8 Å². The number of unbranched alkanes of at least 4 members (excludes halogenated alkanes) is 1. The van der Waals surface area contributed by atoms with Crippen LogP contribution in [0.4, 0.5) is 0 Å². The summed E-state index contributed by atoms with van der Waals surface area (Å²) in [5, 5.41) is 2.89. The largest absolute Gasteiger partial charge is 0.349 e. The van der Waals surface area contributed by atoms with Crippen LogP contribution in [0.1, 0.15) is 47.3 Å². The first-order valence-corrected chi connectivity index (χ1v) is 9.11. The van der Waals surface area contributed by atoms with Gasteiger partial charge in [-0.05, 0) is 45.6 Å². The predicted octanol–water partition coefficient (Wildman–Crippen LogP) is 1.89. The molecule has 0 bridgehead atoms. The van der Waals surface area contributed by atoms with Crippen LogP contribution in [0.3, 0.4) is 0 Å². The number of nitrogens with one attached hydrogen (secondary N) is 1. The number of imidazole rings is 1. The highest BCUT2D eigenvalue weighted by atomic mass is 16.2. The molecule has 0 aliphatic carbocycles. The van der Waals surface area contributed by atoms with Gasteiger partial charge in [0.05, 0.1) is 5.52 Å². The van der Waals surface area contributed by atoms with Crippen molar-refractivity contribution in [1.29, 1.82) is 0 Å². The van der Waals surface area contributed by atoms with Crippen molar-refractivity contribution in [2.45, 2.75) is 26.2 Å². The number of carbonyl (C=O) groups excluding carboxylic acids is 2. The van der Waals surface area contributed by atoms with E-state index in [-0.39, 0.29) is 17.6 Å². The molecule has 0 spiro atoms. The van der Waals surface area contributed by atoms with E-state index in [0.29, 0.717) is 24.3 Å². The van der Waals surface area contributed by atoms with Crippen LogP contribution >= 0.6 is 0 Å². The number of hydrogen-bond acceptors (Lipinski definition) is 4. The lowest BCUT2D eigenvalue weighted by Gasteiger charge is -2.15. The van der Waals surface area contributed by atoms with Crippen molar-refractivity contribution in [3.05, 3.63) is 35.9 Å². The van der Waals surface area contributed by atoms with Crippen LogP contribution in [-0.4, -0.2) is 71.8 Å². The fourth-order valence-corrected chi connectivity index (χ4v) is 2.71. The van der Waals surface area contributed by atoms with Crippen LogP contribution in [0.15, 0.2) is 24.4 Å².